The van der Waals surface area contributed by atoms with Gasteiger partial charge >= 0.3 is 17.1 Å². The first-order valence-corrected chi connectivity index (χ1v) is 2.12. The minimum absolute atomic E-state index is 0. The fraction of sp³-hybridized carbons (Fsp3) is 0.600. The van der Waals surface area contributed by atoms with Crippen LogP contribution in [-0.4, -0.2) is 5.97 Å². The molecule has 0 aliphatic heterocycles. The number of hydrogen-bond acceptors (Lipinski definition) is 2. The van der Waals surface area contributed by atoms with E-state index in [1.54, 1.807) is 0 Å². The van der Waals surface area contributed by atoms with E-state index in [4.69, 9.17) is 9.90 Å². The molecule has 0 fully saturated rings. The monoisotopic (exact) mass is 158 g/mol. The molecule has 0 saturated heterocycles. The molecule has 0 aliphatic carbocycles. The molecule has 0 spiro atoms. The number of hydrogen-bond donors (Lipinski definition) is 0. The SMILES string of the molecule is CC(=O)[O-].[CH2-]CC.[Fe+2]. The van der Waals surface area contributed by atoms with Crippen molar-refractivity contribution in [3.63, 3.8) is 0 Å². The van der Waals surface area contributed by atoms with Gasteiger partial charge in [0.15, 0.2) is 0 Å². The fourth-order valence-electron chi connectivity index (χ4n) is 0. The summed E-state index contributed by atoms with van der Waals surface area (Å²) >= 11 is 0. The van der Waals surface area contributed by atoms with Crippen LogP contribution in [0.5, 0.6) is 0 Å². The normalized spacial score (nSPS) is 5.38. The van der Waals surface area contributed by atoms with Crippen LogP contribution in [-0.2, 0) is 21.9 Å². The molecule has 0 aliphatic rings. The summed E-state index contributed by atoms with van der Waals surface area (Å²) in [6.45, 7) is 6.47. The molecule has 3 heteroatoms. The molecule has 2 nitrogen and oxygen atoms in total. The van der Waals surface area contributed by atoms with Crippen LogP contribution in [0, 0.1) is 6.92 Å². The van der Waals surface area contributed by atoms with Gasteiger partial charge in [0.25, 0.3) is 0 Å². The third-order valence-electron chi connectivity index (χ3n) is 0. The number of aliphatic carboxylic acids is 1. The number of rotatable bonds is 0. The molecule has 0 heterocycles. The molecular formula is C5H10FeO2. The van der Waals surface area contributed by atoms with Crippen LogP contribution in [0.25, 0.3) is 0 Å². The van der Waals surface area contributed by atoms with Crippen molar-refractivity contribution in [3.05, 3.63) is 6.92 Å². The first-order valence-electron chi connectivity index (χ1n) is 2.12. The number of carboxylic acids is 1. The summed E-state index contributed by atoms with van der Waals surface area (Å²) in [6, 6.07) is 0. The maximum absolute atomic E-state index is 8.89. The van der Waals surface area contributed by atoms with E-state index >= 15 is 0 Å². The fourth-order valence-corrected chi connectivity index (χ4v) is 0. The molecule has 0 N–H and O–H groups in total. The Hall–Kier alpha value is -0.0105. The van der Waals surface area contributed by atoms with Crippen LogP contribution in [0.3, 0.4) is 0 Å². The largest absolute Gasteiger partial charge is 2.00 e. The molecule has 0 aromatic rings. The predicted octanol–water partition coefficient (Wildman–Crippen LogP) is -0.0158. The van der Waals surface area contributed by atoms with Gasteiger partial charge in [-0.1, -0.05) is 6.92 Å². The smallest absolute Gasteiger partial charge is 0.550 e. The van der Waals surface area contributed by atoms with Gasteiger partial charge in [-0.3, -0.25) is 0 Å². The van der Waals surface area contributed by atoms with Gasteiger partial charge in [0.1, 0.15) is 0 Å². The second-order valence-electron chi connectivity index (χ2n) is 0.992. The molecule has 0 bridgehead atoms. The molecule has 50 valence electrons. The summed E-state index contributed by atoms with van der Waals surface area (Å²) in [4.78, 5) is 8.89. The van der Waals surface area contributed by atoms with E-state index in [0.717, 1.165) is 13.3 Å². The van der Waals surface area contributed by atoms with E-state index in [1.807, 2.05) is 6.92 Å². The zero-order chi connectivity index (χ0) is 6.28. The quantitative estimate of drug-likeness (QED) is 0.367. The molecule has 0 saturated carbocycles. The van der Waals surface area contributed by atoms with Crippen LogP contribution in [0.1, 0.15) is 20.3 Å². The van der Waals surface area contributed by atoms with Crippen LogP contribution in [0.15, 0.2) is 0 Å². The molecule has 0 unspecified atom stereocenters. The van der Waals surface area contributed by atoms with Crippen LogP contribution in [0.4, 0.5) is 0 Å². The van der Waals surface area contributed by atoms with E-state index in [0.29, 0.717) is 0 Å². The molecule has 0 aromatic heterocycles. The zero-order valence-corrected chi connectivity index (χ0v) is 6.19. The second kappa shape index (κ2) is 15.8. The van der Waals surface area contributed by atoms with Crippen molar-refractivity contribution in [2.75, 3.05) is 0 Å². The first kappa shape index (κ1) is 15.7. The summed E-state index contributed by atoms with van der Waals surface area (Å²) in [5.74, 6) is -1.08. The first-order chi connectivity index (χ1) is 3.15. The molecule has 0 rings (SSSR count). The molecule has 0 radical (unpaired) electrons. The van der Waals surface area contributed by atoms with E-state index in [2.05, 4.69) is 6.92 Å². The van der Waals surface area contributed by atoms with Gasteiger partial charge in [0, 0.05) is 5.97 Å². The van der Waals surface area contributed by atoms with E-state index < -0.39 is 5.97 Å². The maximum Gasteiger partial charge on any atom is 2.00 e. The number of carbonyl (C=O) groups is 1. The van der Waals surface area contributed by atoms with Crippen molar-refractivity contribution in [3.8, 4) is 0 Å². The second-order valence-corrected chi connectivity index (χ2v) is 0.992. The molecule has 8 heavy (non-hydrogen) atoms. The molecule has 0 amide bonds. The Morgan fingerprint density at radius 2 is 1.75 bits per heavy atom. The Labute approximate surface area is 60.8 Å². The zero-order valence-electron chi connectivity index (χ0n) is 5.08. The summed E-state index contributed by atoms with van der Waals surface area (Å²) in [6.07, 6.45) is 1.00. The molecule has 0 atom stereocenters. The van der Waals surface area contributed by atoms with Crippen molar-refractivity contribution in [2.45, 2.75) is 20.3 Å². The van der Waals surface area contributed by atoms with Crippen molar-refractivity contribution < 1.29 is 27.0 Å². The number of carbonyl (C=O) groups excluding carboxylic acids is 1. The van der Waals surface area contributed by atoms with Gasteiger partial charge in [0.2, 0.25) is 0 Å². The van der Waals surface area contributed by atoms with Gasteiger partial charge in [-0.25, -0.2) is 0 Å². The average molecular weight is 158 g/mol. The Morgan fingerprint density at radius 1 is 1.75 bits per heavy atom. The Morgan fingerprint density at radius 3 is 1.75 bits per heavy atom. The Kier molecular flexibility index (Phi) is 30.9. The topological polar surface area (TPSA) is 40.1 Å². The maximum atomic E-state index is 8.89. The van der Waals surface area contributed by atoms with Crippen LogP contribution >= 0.6 is 0 Å². The summed E-state index contributed by atoms with van der Waals surface area (Å²) in [5.41, 5.74) is 0. The molecule has 0 aromatic carbocycles. The number of carboxylic acid groups (broad SMARTS) is 1. The summed E-state index contributed by atoms with van der Waals surface area (Å²) in [5, 5.41) is 8.89. The Balaban J connectivity index is -0.0000000575. The van der Waals surface area contributed by atoms with Gasteiger partial charge in [-0.15, -0.1) is 0 Å². The van der Waals surface area contributed by atoms with E-state index in [-0.39, 0.29) is 17.1 Å². The predicted molar refractivity (Wildman–Crippen MR) is 26.3 cm³/mol. The third kappa shape index (κ3) is 1350000. The van der Waals surface area contributed by atoms with Crippen molar-refractivity contribution in [1.29, 1.82) is 0 Å². The minimum Gasteiger partial charge on any atom is -0.550 e. The van der Waals surface area contributed by atoms with Crippen molar-refractivity contribution in [2.24, 2.45) is 0 Å². The summed E-state index contributed by atoms with van der Waals surface area (Å²) < 4.78 is 0. The van der Waals surface area contributed by atoms with Gasteiger partial charge < -0.3 is 16.8 Å². The minimum atomic E-state index is -1.08. The van der Waals surface area contributed by atoms with Crippen LogP contribution in [0.2, 0.25) is 0 Å². The van der Waals surface area contributed by atoms with Crippen LogP contribution < -0.4 is 5.11 Å². The van der Waals surface area contributed by atoms with Gasteiger partial charge in [0.05, 0.1) is 0 Å². The molecular weight excluding hydrogens is 148 g/mol. The van der Waals surface area contributed by atoms with Gasteiger partial charge in [-0.05, 0) is 6.92 Å². The Bertz CT molecular complexity index is 41.7. The standard InChI is InChI=1S/C3H7.C2H4O2.Fe/c1-3-2;1-2(3)4;/h1,3H2,2H3;1H3,(H,3,4);/q-1;;+2/p-1. The van der Waals surface area contributed by atoms with Crippen molar-refractivity contribution >= 4 is 5.97 Å². The third-order valence-corrected chi connectivity index (χ3v) is 0. The summed E-state index contributed by atoms with van der Waals surface area (Å²) in [7, 11) is 0. The van der Waals surface area contributed by atoms with E-state index in [9.17, 15) is 0 Å². The van der Waals surface area contributed by atoms with Gasteiger partial charge in [-0.2, -0.15) is 6.42 Å². The van der Waals surface area contributed by atoms with E-state index in [1.165, 1.54) is 0 Å². The average Bonchev–Trinajstić information content (AvgIpc) is 1.33. The van der Waals surface area contributed by atoms with Crippen molar-refractivity contribution in [1.82, 2.24) is 0 Å².